The number of anilines is 1. The number of esters is 2. The van der Waals surface area contributed by atoms with Gasteiger partial charge in [-0.2, -0.15) is 0 Å². The molecule has 0 radical (unpaired) electrons. The Labute approximate surface area is 161 Å². The number of carbonyl (C=O) groups is 3. The Balaban J connectivity index is 1.85. The van der Waals surface area contributed by atoms with E-state index in [2.05, 4.69) is 5.32 Å². The van der Waals surface area contributed by atoms with Crippen LogP contribution in [-0.4, -0.2) is 37.7 Å². The number of para-hydroxylation sites is 1. The lowest BCUT2D eigenvalue weighted by atomic mass is 10.2. The lowest BCUT2D eigenvalue weighted by molar-refractivity contribution is -0.149. The van der Waals surface area contributed by atoms with Crippen LogP contribution >= 0.6 is 11.3 Å². The number of ether oxygens (including phenoxy) is 3. The van der Waals surface area contributed by atoms with E-state index in [0.29, 0.717) is 16.3 Å². The molecule has 27 heavy (non-hydrogen) atoms. The van der Waals surface area contributed by atoms with E-state index in [-0.39, 0.29) is 13.2 Å². The predicted octanol–water partition coefficient (Wildman–Crippen LogP) is 3.05. The van der Waals surface area contributed by atoms with Crippen LogP contribution in [0.4, 0.5) is 5.00 Å². The van der Waals surface area contributed by atoms with Gasteiger partial charge in [-0.25, -0.2) is 9.59 Å². The lowest BCUT2D eigenvalue weighted by Crippen LogP contribution is -2.24. The van der Waals surface area contributed by atoms with E-state index >= 15 is 0 Å². The fraction of sp³-hybridized carbons (Fsp3) is 0.316. The molecule has 0 aliphatic rings. The second-order valence-corrected chi connectivity index (χ2v) is 6.48. The molecule has 1 heterocycles. The summed E-state index contributed by atoms with van der Waals surface area (Å²) in [5.74, 6) is -1.18. The number of aryl methyl sites for hydroxylation is 1. The van der Waals surface area contributed by atoms with Crippen molar-refractivity contribution in [2.24, 2.45) is 0 Å². The Morgan fingerprint density at radius 1 is 1.04 bits per heavy atom. The van der Waals surface area contributed by atoms with E-state index in [0.717, 1.165) is 11.3 Å². The highest BCUT2D eigenvalue weighted by molar-refractivity contribution is 7.16. The first-order valence-corrected chi connectivity index (χ1v) is 9.28. The summed E-state index contributed by atoms with van der Waals surface area (Å²) >= 11 is 1.29. The highest BCUT2D eigenvalue weighted by Crippen LogP contribution is 2.29. The quantitative estimate of drug-likeness (QED) is 0.661. The molecule has 0 fully saturated rings. The van der Waals surface area contributed by atoms with Crippen LogP contribution < -0.4 is 10.1 Å². The number of nitrogens with one attached hydrogen (secondary N) is 1. The molecular weight excluding hydrogens is 370 g/mol. The van der Waals surface area contributed by atoms with Crippen molar-refractivity contribution in [3.63, 3.8) is 0 Å². The van der Waals surface area contributed by atoms with Gasteiger partial charge in [0, 0.05) is 4.88 Å². The van der Waals surface area contributed by atoms with Gasteiger partial charge in [-0.05, 0) is 31.5 Å². The summed E-state index contributed by atoms with van der Waals surface area (Å²) in [6.07, 6.45) is 0.721. The van der Waals surface area contributed by atoms with Crippen LogP contribution in [0.25, 0.3) is 0 Å². The van der Waals surface area contributed by atoms with Crippen molar-refractivity contribution in [1.29, 1.82) is 0 Å². The van der Waals surface area contributed by atoms with E-state index in [1.165, 1.54) is 11.3 Å². The van der Waals surface area contributed by atoms with Gasteiger partial charge in [0.15, 0.2) is 13.2 Å². The van der Waals surface area contributed by atoms with Gasteiger partial charge in [-0.1, -0.05) is 25.1 Å². The van der Waals surface area contributed by atoms with Crippen molar-refractivity contribution in [2.75, 3.05) is 25.1 Å². The molecule has 0 spiro atoms. The molecule has 7 nitrogen and oxygen atoms in total. The summed E-state index contributed by atoms with van der Waals surface area (Å²) in [7, 11) is 0. The van der Waals surface area contributed by atoms with Crippen molar-refractivity contribution in [2.45, 2.75) is 20.3 Å². The SMILES string of the molecule is CCOC(=O)c1cc(CC)sc1NC(=O)COC(=O)COc1ccccc1. The van der Waals surface area contributed by atoms with Gasteiger partial charge in [0.1, 0.15) is 10.8 Å². The predicted molar refractivity (Wildman–Crippen MR) is 101 cm³/mol. The van der Waals surface area contributed by atoms with Gasteiger partial charge < -0.3 is 19.5 Å². The maximum atomic E-state index is 12.0. The minimum Gasteiger partial charge on any atom is -0.482 e. The number of benzene rings is 1. The topological polar surface area (TPSA) is 90.9 Å². The standard InChI is InChI=1S/C19H21NO6S/c1-3-14-10-15(19(23)24-4-2)18(27-14)20-16(21)11-26-17(22)12-25-13-8-6-5-7-9-13/h5-10H,3-4,11-12H2,1-2H3,(H,20,21). The number of rotatable bonds is 9. The minimum absolute atomic E-state index is 0.239. The number of hydrogen-bond acceptors (Lipinski definition) is 7. The van der Waals surface area contributed by atoms with Gasteiger partial charge in [0.05, 0.1) is 12.2 Å². The molecule has 0 bridgehead atoms. The number of carbonyl (C=O) groups excluding carboxylic acids is 3. The van der Waals surface area contributed by atoms with Crippen molar-refractivity contribution in [3.8, 4) is 5.75 Å². The molecule has 0 saturated heterocycles. The second kappa shape index (κ2) is 10.3. The monoisotopic (exact) mass is 391 g/mol. The Kier molecular flexibility index (Phi) is 7.81. The highest BCUT2D eigenvalue weighted by Gasteiger charge is 2.19. The van der Waals surface area contributed by atoms with Gasteiger partial charge in [0.25, 0.3) is 5.91 Å². The zero-order valence-corrected chi connectivity index (χ0v) is 16.0. The molecule has 1 aromatic carbocycles. The molecule has 144 valence electrons. The highest BCUT2D eigenvalue weighted by atomic mass is 32.1. The van der Waals surface area contributed by atoms with E-state index in [9.17, 15) is 14.4 Å². The second-order valence-electron chi connectivity index (χ2n) is 5.34. The van der Waals surface area contributed by atoms with Crippen LogP contribution in [0, 0.1) is 0 Å². The number of amides is 1. The molecule has 0 saturated carbocycles. The van der Waals surface area contributed by atoms with Crippen LogP contribution in [-0.2, 0) is 25.5 Å². The third kappa shape index (κ3) is 6.41. The average Bonchev–Trinajstić information content (AvgIpc) is 3.08. The molecule has 2 rings (SSSR count). The molecule has 8 heteroatoms. The van der Waals surface area contributed by atoms with Crippen LogP contribution in [0.3, 0.4) is 0 Å². The number of thiophene rings is 1. The Hall–Kier alpha value is -2.87. The summed E-state index contributed by atoms with van der Waals surface area (Å²) in [6.45, 7) is 3.12. The largest absolute Gasteiger partial charge is 0.482 e. The maximum absolute atomic E-state index is 12.0. The molecule has 1 aromatic heterocycles. The van der Waals surface area contributed by atoms with Gasteiger partial charge in [0.2, 0.25) is 0 Å². The first-order valence-electron chi connectivity index (χ1n) is 8.46. The molecule has 0 aliphatic heterocycles. The molecule has 0 atom stereocenters. The minimum atomic E-state index is -0.667. The normalized spacial score (nSPS) is 10.1. The van der Waals surface area contributed by atoms with E-state index in [1.807, 2.05) is 13.0 Å². The Morgan fingerprint density at radius 3 is 2.44 bits per heavy atom. The fourth-order valence-electron chi connectivity index (χ4n) is 2.08. The van der Waals surface area contributed by atoms with Crippen molar-refractivity contribution >= 4 is 34.2 Å². The molecule has 0 unspecified atom stereocenters. The van der Waals surface area contributed by atoms with Crippen molar-refractivity contribution in [1.82, 2.24) is 0 Å². The Bertz CT molecular complexity index is 787. The summed E-state index contributed by atoms with van der Waals surface area (Å²) < 4.78 is 15.1. The van der Waals surface area contributed by atoms with Crippen LogP contribution in [0.1, 0.15) is 29.1 Å². The first-order chi connectivity index (χ1) is 13.0. The van der Waals surface area contributed by atoms with Crippen LogP contribution in [0.15, 0.2) is 36.4 Å². The smallest absolute Gasteiger partial charge is 0.344 e. The molecule has 2 aromatic rings. The third-order valence-corrected chi connectivity index (χ3v) is 4.54. The van der Waals surface area contributed by atoms with Gasteiger partial charge in [-0.15, -0.1) is 11.3 Å². The zero-order valence-electron chi connectivity index (χ0n) is 15.2. The van der Waals surface area contributed by atoms with Crippen molar-refractivity contribution in [3.05, 3.63) is 46.8 Å². The van der Waals surface area contributed by atoms with Crippen LogP contribution in [0.5, 0.6) is 5.75 Å². The third-order valence-electron chi connectivity index (χ3n) is 3.34. The van der Waals surface area contributed by atoms with E-state index in [1.54, 1.807) is 37.3 Å². The lowest BCUT2D eigenvalue weighted by Gasteiger charge is -2.08. The Morgan fingerprint density at radius 2 is 1.78 bits per heavy atom. The fourth-order valence-corrected chi connectivity index (χ4v) is 3.08. The zero-order chi connectivity index (χ0) is 19.6. The average molecular weight is 391 g/mol. The molecular formula is C19H21NO6S. The number of hydrogen-bond donors (Lipinski definition) is 1. The molecule has 0 aliphatic carbocycles. The first kappa shape index (κ1) is 20.4. The summed E-state index contributed by atoms with van der Waals surface area (Å²) in [5.41, 5.74) is 0.297. The van der Waals surface area contributed by atoms with E-state index < -0.39 is 24.5 Å². The van der Waals surface area contributed by atoms with Gasteiger partial charge in [-0.3, -0.25) is 4.79 Å². The van der Waals surface area contributed by atoms with E-state index in [4.69, 9.17) is 14.2 Å². The molecule has 1 amide bonds. The summed E-state index contributed by atoms with van der Waals surface area (Å²) in [6, 6.07) is 10.5. The summed E-state index contributed by atoms with van der Waals surface area (Å²) in [4.78, 5) is 36.7. The molecule has 1 N–H and O–H groups in total. The van der Waals surface area contributed by atoms with Crippen molar-refractivity contribution < 1.29 is 28.6 Å². The summed E-state index contributed by atoms with van der Waals surface area (Å²) in [5, 5.41) is 2.98. The maximum Gasteiger partial charge on any atom is 0.344 e. The van der Waals surface area contributed by atoms with Gasteiger partial charge >= 0.3 is 11.9 Å². The van der Waals surface area contributed by atoms with Crippen LogP contribution in [0.2, 0.25) is 0 Å².